The Morgan fingerprint density at radius 2 is 2.38 bits per heavy atom. The summed E-state index contributed by atoms with van der Waals surface area (Å²) in [5, 5.41) is 0. The van der Waals surface area contributed by atoms with E-state index < -0.39 is 0 Å². The van der Waals surface area contributed by atoms with E-state index in [1.165, 1.54) is 0 Å². The summed E-state index contributed by atoms with van der Waals surface area (Å²) in [5.41, 5.74) is 0.576. The summed E-state index contributed by atoms with van der Waals surface area (Å²) >= 11 is 0. The third-order valence-electron chi connectivity index (χ3n) is 0.813. The zero-order valence-electron chi connectivity index (χ0n) is 4.26. The molecule has 0 spiro atoms. The van der Waals surface area contributed by atoms with Crippen LogP contribution in [0.25, 0.3) is 4.85 Å². The zero-order chi connectivity index (χ0) is 5.82. The van der Waals surface area contributed by atoms with Gasteiger partial charge in [-0.1, -0.05) is 24.3 Å². The molecule has 1 aromatic carbocycles. The van der Waals surface area contributed by atoms with Crippen LogP contribution in [0.3, 0.4) is 0 Å². The summed E-state index contributed by atoms with van der Waals surface area (Å²) in [7, 11) is 0. The Labute approximate surface area is 48.4 Å². The fourth-order valence-electron chi connectivity index (χ4n) is 0.453. The lowest BCUT2D eigenvalue weighted by molar-refractivity contribution is 1.70. The molecule has 0 saturated heterocycles. The van der Waals surface area contributed by atoms with Crippen LogP contribution in [0.2, 0.25) is 0 Å². The van der Waals surface area contributed by atoms with Crippen LogP contribution in [0.5, 0.6) is 0 Å². The summed E-state index contributed by atoms with van der Waals surface area (Å²) in [5.74, 6) is 0. The molecule has 0 aliphatic heterocycles. The van der Waals surface area contributed by atoms with E-state index in [9.17, 15) is 0 Å². The Morgan fingerprint density at radius 1 is 1.50 bits per heavy atom. The van der Waals surface area contributed by atoms with E-state index in [0.717, 1.165) is 0 Å². The Bertz CT molecular complexity index is 195. The smallest absolute Gasteiger partial charge is 0.193 e. The average Bonchev–Trinajstić information content (AvgIpc) is 1.90. The van der Waals surface area contributed by atoms with E-state index in [4.69, 9.17) is 6.57 Å². The second-order valence-corrected chi connectivity index (χ2v) is 1.36. The second kappa shape index (κ2) is 2.13. The molecule has 1 radical (unpaired) electrons. The van der Waals surface area contributed by atoms with Gasteiger partial charge in [-0.25, -0.2) is 4.85 Å². The van der Waals surface area contributed by atoms with Crippen molar-refractivity contribution in [3.05, 3.63) is 41.7 Å². The van der Waals surface area contributed by atoms with Crippen LogP contribution >= 0.6 is 0 Å². The minimum absolute atomic E-state index is 0.576. The first-order valence-corrected chi connectivity index (χ1v) is 2.27. The monoisotopic (exact) mass is 102 g/mol. The van der Waals surface area contributed by atoms with Gasteiger partial charge in [0.1, 0.15) is 0 Å². The molecule has 1 aromatic rings. The molecule has 0 atom stereocenters. The molecule has 0 saturated carbocycles. The minimum Gasteiger partial charge on any atom is -0.238 e. The Kier molecular flexibility index (Phi) is 1.29. The Morgan fingerprint density at radius 3 is 2.75 bits per heavy atom. The molecule has 0 aliphatic carbocycles. The van der Waals surface area contributed by atoms with Crippen molar-refractivity contribution in [2.75, 3.05) is 0 Å². The zero-order valence-corrected chi connectivity index (χ0v) is 4.26. The molecule has 0 aliphatic rings. The van der Waals surface area contributed by atoms with Crippen LogP contribution in [0, 0.1) is 12.6 Å². The number of para-hydroxylation sites is 1. The summed E-state index contributed by atoms with van der Waals surface area (Å²) in [4.78, 5) is 3.16. The number of rotatable bonds is 0. The maximum atomic E-state index is 6.54. The van der Waals surface area contributed by atoms with E-state index in [0.29, 0.717) is 5.69 Å². The first kappa shape index (κ1) is 4.86. The van der Waals surface area contributed by atoms with Gasteiger partial charge in [-0.2, -0.15) is 0 Å². The number of hydrogen-bond acceptors (Lipinski definition) is 0. The van der Waals surface area contributed by atoms with Crippen LogP contribution in [0.4, 0.5) is 5.69 Å². The fraction of sp³-hybridized carbons (Fsp3) is 0. The van der Waals surface area contributed by atoms with Gasteiger partial charge in [0.15, 0.2) is 5.69 Å². The highest BCUT2D eigenvalue weighted by molar-refractivity contribution is 5.41. The van der Waals surface area contributed by atoms with Crippen molar-refractivity contribution in [3.63, 3.8) is 0 Å². The van der Waals surface area contributed by atoms with Gasteiger partial charge >= 0.3 is 0 Å². The van der Waals surface area contributed by atoms with Crippen molar-refractivity contribution in [2.24, 2.45) is 0 Å². The van der Waals surface area contributed by atoms with E-state index in [-0.39, 0.29) is 0 Å². The van der Waals surface area contributed by atoms with Gasteiger partial charge in [0.2, 0.25) is 0 Å². The van der Waals surface area contributed by atoms with Gasteiger partial charge in [-0.15, -0.1) is 0 Å². The maximum Gasteiger partial charge on any atom is 0.193 e. The largest absolute Gasteiger partial charge is 0.238 e. The molecule has 0 amide bonds. The van der Waals surface area contributed by atoms with E-state index in [1.807, 2.05) is 12.1 Å². The van der Waals surface area contributed by atoms with Crippen LogP contribution in [-0.4, -0.2) is 0 Å². The lowest BCUT2D eigenvalue weighted by atomic mass is 10.3. The number of hydrogen-bond donors (Lipinski definition) is 0. The van der Waals surface area contributed by atoms with E-state index in [1.54, 1.807) is 12.1 Å². The SMILES string of the molecule is [C-]#[N+]c1[c]cccc1. The van der Waals surface area contributed by atoms with Crippen molar-refractivity contribution in [3.8, 4) is 0 Å². The van der Waals surface area contributed by atoms with Gasteiger partial charge in [-0.05, 0) is 6.07 Å². The van der Waals surface area contributed by atoms with Gasteiger partial charge in [-0.3, -0.25) is 0 Å². The quantitative estimate of drug-likeness (QED) is 0.441. The lowest BCUT2D eigenvalue weighted by Gasteiger charge is -1.79. The van der Waals surface area contributed by atoms with Gasteiger partial charge in [0, 0.05) is 0 Å². The first-order chi connectivity index (χ1) is 3.93. The molecule has 37 valence electrons. The summed E-state index contributed by atoms with van der Waals surface area (Å²) < 4.78 is 0. The highest BCUT2D eigenvalue weighted by Gasteiger charge is 1.80. The molecule has 8 heavy (non-hydrogen) atoms. The summed E-state index contributed by atoms with van der Waals surface area (Å²) in [6.07, 6.45) is 0. The van der Waals surface area contributed by atoms with Crippen molar-refractivity contribution in [1.82, 2.24) is 0 Å². The van der Waals surface area contributed by atoms with Gasteiger partial charge < -0.3 is 0 Å². The molecule has 1 heteroatoms. The number of benzene rings is 1. The van der Waals surface area contributed by atoms with Crippen molar-refractivity contribution in [2.45, 2.75) is 0 Å². The Hall–Kier alpha value is -1.29. The highest BCUT2D eigenvalue weighted by Crippen LogP contribution is 2.06. The first-order valence-electron chi connectivity index (χ1n) is 2.27. The molecule has 0 fully saturated rings. The molecular formula is C7H4N. The van der Waals surface area contributed by atoms with E-state index >= 15 is 0 Å². The fourth-order valence-corrected chi connectivity index (χ4v) is 0.453. The molecule has 0 N–H and O–H groups in total. The Balaban J connectivity index is 3.05. The normalized spacial score (nSPS) is 7.88. The average molecular weight is 102 g/mol. The molecule has 0 unspecified atom stereocenters. The maximum absolute atomic E-state index is 6.54. The van der Waals surface area contributed by atoms with E-state index in [2.05, 4.69) is 10.9 Å². The predicted octanol–water partition coefficient (Wildman–Crippen LogP) is 2.04. The lowest BCUT2D eigenvalue weighted by Crippen LogP contribution is -1.55. The van der Waals surface area contributed by atoms with Crippen LogP contribution in [-0.2, 0) is 0 Å². The molecule has 0 bridgehead atoms. The van der Waals surface area contributed by atoms with Crippen molar-refractivity contribution >= 4 is 5.69 Å². The van der Waals surface area contributed by atoms with Gasteiger partial charge in [0.05, 0.1) is 6.57 Å². The van der Waals surface area contributed by atoms with Gasteiger partial charge in [0.25, 0.3) is 0 Å². The third-order valence-corrected chi connectivity index (χ3v) is 0.813. The van der Waals surface area contributed by atoms with Crippen LogP contribution < -0.4 is 0 Å². The predicted molar refractivity (Wildman–Crippen MR) is 31.5 cm³/mol. The van der Waals surface area contributed by atoms with Crippen LogP contribution in [0.15, 0.2) is 24.3 Å². The topological polar surface area (TPSA) is 4.36 Å². The third kappa shape index (κ3) is 0.855. The standard InChI is InChI=1S/C7H4N/c1-8-7-5-3-2-4-6-7/h2-5H. The molecular weight excluding hydrogens is 98.1 g/mol. The molecule has 1 nitrogen and oxygen atoms in total. The molecule has 0 aromatic heterocycles. The highest BCUT2D eigenvalue weighted by atomic mass is 14.6. The van der Waals surface area contributed by atoms with Crippen molar-refractivity contribution in [1.29, 1.82) is 0 Å². The number of nitrogens with zero attached hydrogens (tertiary/aromatic N) is 1. The molecule has 0 heterocycles. The van der Waals surface area contributed by atoms with Crippen LogP contribution in [0.1, 0.15) is 0 Å². The molecule has 1 rings (SSSR count). The summed E-state index contributed by atoms with van der Waals surface area (Å²) in [6.45, 7) is 6.54. The summed E-state index contributed by atoms with van der Waals surface area (Å²) in [6, 6.07) is 9.89. The van der Waals surface area contributed by atoms with Crippen molar-refractivity contribution < 1.29 is 0 Å². The minimum atomic E-state index is 0.576. The second-order valence-electron chi connectivity index (χ2n) is 1.36.